The molecule has 1 unspecified atom stereocenters. The van der Waals surface area contributed by atoms with E-state index in [1.165, 1.54) is 11.1 Å². The van der Waals surface area contributed by atoms with Gasteiger partial charge in [0.2, 0.25) is 10.0 Å². The molecule has 6 heteroatoms. The number of aryl methyl sites for hydroxylation is 3. The Morgan fingerprint density at radius 1 is 1.00 bits per heavy atom. The zero-order valence-electron chi connectivity index (χ0n) is 15.9. The van der Waals surface area contributed by atoms with E-state index in [1.807, 2.05) is 13.0 Å². The Morgan fingerprint density at radius 3 is 2.23 bits per heavy atom. The first-order valence-electron chi connectivity index (χ1n) is 8.57. The van der Waals surface area contributed by atoms with Gasteiger partial charge in [-0.15, -0.1) is 0 Å². The smallest absolute Gasteiger partial charge is 0.251 e. The Balaban J connectivity index is 2.25. The number of amides is 1. The van der Waals surface area contributed by atoms with Crippen LogP contribution in [0.5, 0.6) is 0 Å². The van der Waals surface area contributed by atoms with Gasteiger partial charge in [-0.25, -0.2) is 8.42 Å². The summed E-state index contributed by atoms with van der Waals surface area (Å²) in [5.74, 6) is -0.230. The summed E-state index contributed by atoms with van der Waals surface area (Å²) in [5.41, 5.74) is 5.05. The molecule has 0 aliphatic rings. The monoisotopic (exact) mass is 374 g/mol. The Labute approximate surface area is 155 Å². The van der Waals surface area contributed by atoms with E-state index in [0.29, 0.717) is 11.3 Å². The molecule has 0 heterocycles. The summed E-state index contributed by atoms with van der Waals surface area (Å²) >= 11 is 0. The highest BCUT2D eigenvalue weighted by Gasteiger charge is 2.16. The minimum atomic E-state index is -3.40. The average molecular weight is 375 g/mol. The van der Waals surface area contributed by atoms with E-state index < -0.39 is 10.0 Å². The van der Waals surface area contributed by atoms with Gasteiger partial charge in [0, 0.05) is 5.56 Å². The number of carbonyl (C=O) groups is 1. The minimum absolute atomic E-state index is 0.102. The lowest BCUT2D eigenvalue weighted by Gasteiger charge is -2.19. The Kier molecular flexibility index (Phi) is 6.08. The van der Waals surface area contributed by atoms with Gasteiger partial charge in [-0.05, 0) is 61.6 Å². The Bertz CT molecular complexity index is 921. The molecule has 1 atom stereocenters. The summed E-state index contributed by atoms with van der Waals surface area (Å²) in [7, 11) is -3.40. The summed E-state index contributed by atoms with van der Waals surface area (Å²) in [4.78, 5) is 12.7. The first-order valence-corrected chi connectivity index (χ1v) is 10.5. The van der Waals surface area contributed by atoms with Crippen LogP contribution in [-0.4, -0.2) is 20.6 Å². The van der Waals surface area contributed by atoms with E-state index in [2.05, 4.69) is 36.0 Å². The van der Waals surface area contributed by atoms with Crippen molar-refractivity contribution in [2.24, 2.45) is 0 Å². The third kappa shape index (κ3) is 5.08. The number of nitrogens with one attached hydrogen (secondary N) is 2. The number of anilines is 1. The van der Waals surface area contributed by atoms with Crippen LogP contribution in [0.4, 0.5) is 5.69 Å². The van der Waals surface area contributed by atoms with Crippen molar-refractivity contribution in [1.82, 2.24) is 5.32 Å². The van der Waals surface area contributed by atoms with Crippen LogP contribution in [0.15, 0.2) is 36.4 Å². The number of benzene rings is 2. The van der Waals surface area contributed by atoms with Crippen molar-refractivity contribution in [3.05, 3.63) is 64.2 Å². The van der Waals surface area contributed by atoms with E-state index in [0.717, 1.165) is 23.8 Å². The standard InChI is InChI=1S/C20H26N2O3S/c1-6-18(16-9-7-13(2)15(4)11-16)21-20(23)17-10-8-14(3)19(12-17)22-26(5,24)25/h7-12,18,22H,6H2,1-5H3,(H,21,23). The molecular formula is C20H26N2O3S. The summed E-state index contributed by atoms with van der Waals surface area (Å²) in [6.07, 6.45) is 1.85. The van der Waals surface area contributed by atoms with E-state index >= 15 is 0 Å². The summed E-state index contributed by atoms with van der Waals surface area (Å²) in [5, 5.41) is 3.04. The molecule has 0 saturated heterocycles. The van der Waals surface area contributed by atoms with Crippen LogP contribution in [0.3, 0.4) is 0 Å². The topological polar surface area (TPSA) is 75.3 Å². The van der Waals surface area contributed by atoms with Crippen molar-refractivity contribution in [2.75, 3.05) is 11.0 Å². The third-order valence-corrected chi connectivity index (χ3v) is 5.03. The lowest BCUT2D eigenvalue weighted by molar-refractivity contribution is 0.0935. The second kappa shape index (κ2) is 7.91. The van der Waals surface area contributed by atoms with Gasteiger partial charge in [-0.2, -0.15) is 0 Å². The van der Waals surface area contributed by atoms with Crippen molar-refractivity contribution < 1.29 is 13.2 Å². The maximum Gasteiger partial charge on any atom is 0.251 e. The molecule has 26 heavy (non-hydrogen) atoms. The predicted octanol–water partition coefficient (Wildman–Crippen LogP) is 3.86. The van der Waals surface area contributed by atoms with Crippen LogP contribution < -0.4 is 10.0 Å². The molecule has 0 radical (unpaired) electrons. The first-order chi connectivity index (χ1) is 12.1. The molecule has 0 spiro atoms. The second-order valence-electron chi connectivity index (χ2n) is 6.68. The fourth-order valence-electron chi connectivity index (χ4n) is 2.72. The molecule has 0 aliphatic heterocycles. The predicted molar refractivity (Wildman–Crippen MR) is 106 cm³/mol. The third-order valence-electron chi connectivity index (χ3n) is 4.44. The van der Waals surface area contributed by atoms with Gasteiger partial charge < -0.3 is 5.32 Å². The molecule has 0 saturated carbocycles. The van der Waals surface area contributed by atoms with Gasteiger partial charge in [0.25, 0.3) is 5.91 Å². The van der Waals surface area contributed by atoms with Crippen LogP contribution in [0.1, 0.15) is 52.0 Å². The second-order valence-corrected chi connectivity index (χ2v) is 8.43. The number of sulfonamides is 1. The number of hydrogen-bond donors (Lipinski definition) is 2. The van der Waals surface area contributed by atoms with Gasteiger partial charge in [0.05, 0.1) is 18.0 Å². The molecule has 0 bridgehead atoms. The van der Waals surface area contributed by atoms with E-state index in [9.17, 15) is 13.2 Å². The van der Waals surface area contributed by atoms with Gasteiger partial charge in [-0.1, -0.05) is 31.2 Å². The molecule has 1 amide bonds. The SMILES string of the molecule is CCC(NC(=O)c1ccc(C)c(NS(C)(=O)=O)c1)c1ccc(C)c(C)c1. The molecule has 0 aromatic heterocycles. The van der Waals surface area contributed by atoms with Crippen LogP contribution in [0.25, 0.3) is 0 Å². The molecular weight excluding hydrogens is 348 g/mol. The largest absolute Gasteiger partial charge is 0.345 e. The normalized spacial score (nSPS) is 12.5. The van der Waals surface area contributed by atoms with Crippen molar-refractivity contribution >= 4 is 21.6 Å². The Hall–Kier alpha value is -2.34. The molecule has 140 valence electrons. The van der Waals surface area contributed by atoms with Crippen molar-refractivity contribution in [2.45, 2.75) is 40.2 Å². The zero-order chi connectivity index (χ0) is 19.5. The molecule has 2 N–H and O–H groups in total. The molecule has 2 aromatic carbocycles. The fraction of sp³-hybridized carbons (Fsp3) is 0.350. The summed E-state index contributed by atoms with van der Waals surface area (Å²) < 4.78 is 25.4. The van der Waals surface area contributed by atoms with E-state index in [4.69, 9.17) is 0 Å². The van der Waals surface area contributed by atoms with Crippen molar-refractivity contribution in [3.8, 4) is 0 Å². The highest BCUT2D eigenvalue weighted by Crippen LogP contribution is 2.22. The van der Waals surface area contributed by atoms with Crippen molar-refractivity contribution in [3.63, 3.8) is 0 Å². The lowest BCUT2D eigenvalue weighted by atomic mass is 9.99. The Morgan fingerprint density at radius 2 is 1.65 bits per heavy atom. The number of carbonyl (C=O) groups excluding carboxylic acids is 1. The van der Waals surface area contributed by atoms with E-state index in [1.54, 1.807) is 25.1 Å². The maximum atomic E-state index is 12.7. The average Bonchev–Trinajstić information content (AvgIpc) is 2.55. The van der Waals surface area contributed by atoms with Crippen molar-refractivity contribution in [1.29, 1.82) is 0 Å². The molecule has 0 fully saturated rings. The highest BCUT2D eigenvalue weighted by atomic mass is 32.2. The van der Waals surface area contributed by atoms with Gasteiger partial charge in [0.15, 0.2) is 0 Å². The van der Waals surface area contributed by atoms with Crippen LogP contribution >= 0.6 is 0 Å². The van der Waals surface area contributed by atoms with Gasteiger partial charge >= 0.3 is 0 Å². The van der Waals surface area contributed by atoms with Crippen LogP contribution in [0.2, 0.25) is 0 Å². The van der Waals surface area contributed by atoms with Gasteiger partial charge in [0.1, 0.15) is 0 Å². The zero-order valence-corrected chi connectivity index (χ0v) is 16.7. The summed E-state index contributed by atoms with van der Waals surface area (Å²) in [6.45, 7) is 7.92. The highest BCUT2D eigenvalue weighted by molar-refractivity contribution is 7.92. The molecule has 5 nitrogen and oxygen atoms in total. The van der Waals surface area contributed by atoms with E-state index in [-0.39, 0.29) is 11.9 Å². The van der Waals surface area contributed by atoms with Gasteiger partial charge in [-0.3, -0.25) is 9.52 Å². The molecule has 2 aromatic rings. The van der Waals surface area contributed by atoms with Crippen LogP contribution in [-0.2, 0) is 10.0 Å². The lowest BCUT2D eigenvalue weighted by Crippen LogP contribution is -2.28. The molecule has 0 aliphatic carbocycles. The summed E-state index contributed by atoms with van der Waals surface area (Å²) in [6, 6.07) is 11.1. The maximum absolute atomic E-state index is 12.7. The minimum Gasteiger partial charge on any atom is -0.345 e. The fourth-order valence-corrected chi connectivity index (χ4v) is 3.34. The first kappa shape index (κ1) is 20.0. The quantitative estimate of drug-likeness (QED) is 0.806. The number of hydrogen-bond acceptors (Lipinski definition) is 3. The molecule has 2 rings (SSSR count). The number of rotatable bonds is 6. The van der Waals surface area contributed by atoms with Crippen LogP contribution in [0, 0.1) is 20.8 Å².